The molecule has 0 aromatic carbocycles. The summed E-state index contributed by atoms with van der Waals surface area (Å²) in [6.45, 7) is 6.34. The molecule has 0 spiro atoms. The molecule has 7 nitrogen and oxygen atoms in total. The maximum Gasteiger partial charge on any atom is 0.303 e. The van der Waals surface area contributed by atoms with Crippen LogP contribution in [-0.4, -0.2) is 46.9 Å². The summed E-state index contributed by atoms with van der Waals surface area (Å²) in [5, 5.41) is 11.5. The fourth-order valence-electron chi connectivity index (χ4n) is 8.12. The summed E-state index contributed by atoms with van der Waals surface area (Å²) < 4.78 is 10.4. The van der Waals surface area contributed by atoms with Gasteiger partial charge in [-0.15, -0.1) is 0 Å². The third-order valence-electron chi connectivity index (χ3n) is 9.66. The van der Waals surface area contributed by atoms with Crippen LogP contribution < -0.4 is 0 Å². The Balaban J connectivity index is 1.57. The summed E-state index contributed by atoms with van der Waals surface area (Å²) in [4.78, 5) is 49.2. The molecule has 0 bridgehead atoms. The highest BCUT2D eigenvalue weighted by Crippen LogP contribution is 2.67. The number of rotatable bonds is 4. The van der Waals surface area contributed by atoms with Crippen LogP contribution in [0, 0.1) is 34.5 Å². The predicted octanol–water partition coefficient (Wildman–Crippen LogP) is 3.00. The van der Waals surface area contributed by atoms with Gasteiger partial charge in [-0.25, -0.2) is 0 Å². The highest BCUT2D eigenvalue weighted by Gasteiger charge is 2.69. The van der Waals surface area contributed by atoms with Gasteiger partial charge in [0.25, 0.3) is 0 Å². The van der Waals surface area contributed by atoms with Gasteiger partial charge in [0.05, 0.1) is 0 Å². The molecule has 0 saturated heterocycles. The lowest BCUT2D eigenvalue weighted by Gasteiger charge is -2.60. The SMILES string of the molecule is CC(=O)OCC(=O)[C@]1(O)CC[C@H]2[C@@H]3CC[C@H]4C[C@H](OC(C)=O)CC[C@]4(C)[C@H]3C(=O)C[C@@]21C. The second-order valence-corrected chi connectivity index (χ2v) is 11.2. The molecule has 4 aliphatic rings. The van der Waals surface area contributed by atoms with E-state index in [1.807, 2.05) is 6.92 Å². The zero-order chi connectivity index (χ0) is 23.5. The Morgan fingerprint density at radius 3 is 2.41 bits per heavy atom. The lowest BCUT2D eigenvalue weighted by Crippen LogP contribution is -2.62. The van der Waals surface area contributed by atoms with Gasteiger partial charge in [0.2, 0.25) is 5.78 Å². The number of carbonyl (C=O) groups is 4. The molecule has 0 radical (unpaired) electrons. The Morgan fingerprint density at radius 1 is 1.03 bits per heavy atom. The number of hydrogen-bond acceptors (Lipinski definition) is 7. The molecule has 4 rings (SSSR count). The minimum absolute atomic E-state index is 0.0680. The topological polar surface area (TPSA) is 107 Å². The third kappa shape index (κ3) is 3.42. The van der Waals surface area contributed by atoms with Crippen molar-refractivity contribution in [3.05, 3.63) is 0 Å². The number of ketones is 2. The lowest BCUT2D eigenvalue weighted by atomic mass is 9.44. The molecular weight excluding hydrogens is 412 g/mol. The molecular formula is C25H36O7. The largest absolute Gasteiger partial charge is 0.463 e. The van der Waals surface area contributed by atoms with Crippen molar-refractivity contribution in [3.63, 3.8) is 0 Å². The average Bonchev–Trinajstić information content (AvgIpc) is 2.97. The maximum atomic E-state index is 13.7. The van der Waals surface area contributed by atoms with E-state index in [1.165, 1.54) is 13.8 Å². The van der Waals surface area contributed by atoms with Gasteiger partial charge in [-0.1, -0.05) is 13.8 Å². The van der Waals surface area contributed by atoms with E-state index in [2.05, 4.69) is 6.92 Å². The van der Waals surface area contributed by atoms with E-state index in [4.69, 9.17) is 9.47 Å². The predicted molar refractivity (Wildman–Crippen MR) is 114 cm³/mol. The molecule has 178 valence electrons. The van der Waals surface area contributed by atoms with Gasteiger partial charge in [-0.05, 0) is 68.1 Å². The van der Waals surface area contributed by atoms with Crippen molar-refractivity contribution in [1.82, 2.24) is 0 Å². The van der Waals surface area contributed by atoms with Crippen molar-refractivity contribution in [2.45, 2.75) is 90.8 Å². The smallest absolute Gasteiger partial charge is 0.303 e. The van der Waals surface area contributed by atoms with Crippen molar-refractivity contribution in [1.29, 1.82) is 0 Å². The van der Waals surface area contributed by atoms with Crippen LogP contribution in [-0.2, 0) is 28.7 Å². The molecule has 32 heavy (non-hydrogen) atoms. The monoisotopic (exact) mass is 448 g/mol. The van der Waals surface area contributed by atoms with Crippen LogP contribution in [0.3, 0.4) is 0 Å². The van der Waals surface area contributed by atoms with E-state index in [9.17, 15) is 24.3 Å². The molecule has 0 heterocycles. The summed E-state index contributed by atoms with van der Waals surface area (Å²) in [6.07, 6.45) is 5.39. The Kier molecular flexibility index (Phi) is 5.80. The highest BCUT2D eigenvalue weighted by molar-refractivity contribution is 5.93. The second-order valence-electron chi connectivity index (χ2n) is 11.2. The Labute approximate surface area is 189 Å². The first kappa shape index (κ1) is 23.4. The molecule has 8 atom stereocenters. The van der Waals surface area contributed by atoms with Crippen LogP contribution in [0.15, 0.2) is 0 Å². The minimum atomic E-state index is -1.64. The number of esters is 2. The van der Waals surface area contributed by atoms with Crippen molar-refractivity contribution in [3.8, 4) is 0 Å². The molecule has 0 amide bonds. The third-order valence-corrected chi connectivity index (χ3v) is 9.66. The molecule has 4 aliphatic carbocycles. The second kappa shape index (κ2) is 7.93. The Bertz CT molecular complexity index is 836. The molecule has 0 aromatic heterocycles. The molecule has 4 fully saturated rings. The average molecular weight is 449 g/mol. The van der Waals surface area contributed by atoms with Crippen molar-refractivity contribution >= 4 is 23.5 Å². The zero-order valence-electron chi connectivity index (χ0n) is 19.6. The highest BCUT2D eigenvalue weighted by atomic mass is 16.5. The number of hydrogen-bond donors (Lipinski definition) is 1. The van der Waals surface area contributed by atoms with E-state index in [-0.39, 0.29) is 47.4 Å². The van der Waals surface area contributed by atoms with E-state index in [0.717, 1.165) is 32.1 Å². The summed E-state index contributed by atoms with van der Waals surface area (Å²) >= 11 is 0. The van der Waals surface area contributed by atoms with Gasteiger partial charge in [-0.2, -0.15) is 0 Å². The number of aliphatic hydroxyl groups is 1. The quantitative estimate of drug-likeness (QED) is 0.659. The van der Waals surface area contributed by atoms with E-state index < -0.39 is 29.4 Å². The van der Waals surface area contributed by atoms with E-state index in [1.54, 1.807) is 0 Å². The number of fused-ring (bicyclic) bond motifs is 5. The standard InChI is InChI=1S/C25H36O7/c1-14(26)31-13-21(29)25(30)10-8-19-18-6-5-16-11-17(32-15(2)27)7-9-23(16,3)22(18)20(28)12-24(19,25)4/h16-19,22,30H,5-13H2,1-4H3/t16-,17+,18-,19-,22+,23-,24-,25+/m0/s1. The molecule has 0 aliphatic heterocycles. The molecule has 0 aromatic rings. The minimum Gasteiger partial charge on any atom is -0.463 e. The van der Waals surface area contributed by atoms with Gasteiger partial charge in [0, 0.05) is 31.6 Å². The van der Waals surface area contributed by atoms with Gasteiger partial charge in [0.1, 0.15) is 17.5 Å². The van der Waals surface area contributed by atoms with Crippen molar-refractivity contribution in [2.24, 2.45) is 34.5 Å². The summed E-state index contributed by atoms with van der Waals surface area (Å²) in [6, 6.07) is 0. The van der Waals surface area contributed by atoms with Crippen LogP contribution in [0.25, 0.3) is 0 Å². The van der Waals surface area contributed by atoms with Crippen LogP contribution in [0.1, 0.15) is 79.1 Å². The number of carbonyl (C=O) groups excluding carboxylic acids is 4. The summed E-state index contributed by atoms with van der Waals surface area (Å²) in [7, 11) is 0. The Morgan fingerprint density at radius 2 is 1.75 bits per heavy atom. The Hall–Kier alpha value is -1.76. The van der Waals surface area contributed by atoms with Gasteiger partial charge in [0.15, 0.2) is 6.61 Å². The maximum absolute atomic E-state index is 13.7. The van der Waals surface area contributed by atoms with Crippen molar-refractivity contribution < 1.29 is 33.8 Å². The molecule has 1 N–H and O–H groups in total. The van der Waals surface area contributed by atoms with Gasteiger partial charge < -0.3 is 14.6 Å². The summed E-state index contributed by atoms with van der Waals surface area (Å²) in [5.74, 6) is -0.677. The number of ether oxygens (including phenoxy) is 2. The lowest BCUT2D eigenvalue weighted by molar-refractivity contribution is -0.183. The fourth-order valence-corrected chi connectivity index (χ4v) is 8.12. The van der Waals surface area contributed by atoms with Crippen LogP contribution in [0.4, 0.5) is 0 Å². The van der Waals surface area contributed by atoms with E-state index >= 15 is 0 Å². The van der Waals surface area contributed by atoms with Gasteiger partial charge in [-0.3, -0.25) is 19.2 Å². The van der Waals surface area contributed by atoms with Crippen LogP contribution in [0.5, 0.6) is 0 Å². The first-order chi connectivity index (χ1) is 14.9. The molecule has 7 heteroatoms. The van der Waals surface area contributed by atoms with Crippen LogP contribution in [0.2, 0.25) is 0 Å². The normalized spacial score (nSPS) is 45.3. The zero-order valence-corrected chi connectivity index (χ0v) is 19.6. The number of Topliss-reactive ketones (excluding diaryl/α,β-unsaturated/α-hetero) is 2. The van der Waals surface area contributed by atoms with Crippen molar-refractivity contribution in [2.75, 3.05) is 6.61 Å². The van der Waals surface area contributed by atoms with Gasteiger partial charge >= 0.3 is 11.9 Å². The molecule has 4 saturated carbocycles. The first-order valence-corrected chi connectivity index (χ1v) is 12.0. The molecule has 0 unspecified atom stereocenters. The van der Waals surface area contributed by atoms with E-state index in [0.29, 0.717) is 18.8 Å². The van der Waals surface area contributed by atoms with Crippen LogP contribution >= 0.6 is 0 Å². The fraction of sp³-hybridized carbons (Fsp3) is 0.840. The first-order valence-electron chi connectivity index (χ1n) is 12.0. The summed E-state index contributed by atoms with van der Waals surface area (Å²) in [5.41, 5.74) is -2.61.